The van der Waals surface area contributed by atoms with Crippen molar-refractivity contribution < 1.29 is 0 Å². The minimum Gasteiger partial charge on any atom is -0.356 e. The number of nitrogens with zero attached hydrogens (tertiary/aromatic N) is 1. The lowest BCUT2D eigenvalue weighted by Crippen LogP contribution is -2.13. The van der Waals surface area contributed by atoms with Gasteiger partial charge in [0.2, 0.25) is 0 Å². The van der Waals surface area contributed by atoms with Crippen molar-refractivity contribution in [3.63, 3.8) is 0 Å². The number of aromatic nitrogens is 1. The Kier molecular flexibility index (Phi) is 5.10. The summed E-state index contributed by atoms with van der Waals surface area (Å²) in [5.41, 5.74) is 6.19. The molecule has 0 aliphatic carbocycles. The number of pyridine rings is 1. The molecule has 3 rings (SSSR count). The van der Waals surface area contributed by atoms with E-state index in [0.29, 0.717) is 0 Å². The van der Waals surface area contributed by atoms with Crippen LogP contribution in [0.15, 0.2) is 65.7 Å². The fraction of sp³-hybridized carbons (Fsp3) is 0.346. The lowest BCUT2D eigenvalue weighted by atomic mass is 9.86. The third-order valence-corrected chi connectivity index (χ3v) is 5.28. The molecule has 0 spiro atoms. The molecular weight excluding hydrogens is 342 g/mol. The van der Waals surface area contributed by atoms with Crippen LogP contribution < -0.4 is 5.43 Å². The molecule has 0 aliphatic heterocycles. The standard InChI is InChI=1S/C26H31NO/c1-25(2,3)20-12-8-18(9-13-20)22-16-27(7)17-23(24(22)28)19-10-14-21(15-11-19)26(4,5)6/h8-17H,1-7H3. The molecule has 0 fully saturated rings. The highest BCUT2D eigenvalue weighted by Gasteiger charge is 2.16. The van der Waals surface area contributed by atoms with Crippen molar-refractivity contribution >= 4 is 0 Å². The molecule has 0 bridgehead atoms. The average molecular weight is 374 g/mol. The van der Waals surface area contributed by atoms with E-state index in [9.17, 15) is 4.79 Å². The lowest BCUT2D eigenvalue weighted by molar-refractivity contribution is 0.590. The fourth-order valence-corrected chi connectivity index (χ4v) is 3.42. The van der Waals surface area contributed by atoms with Crippen LogP contribution in [0, 0.1) is 0 Å². The van der Waals surface area contributed by atoms with E-state index in [1.54, 1.807) is 0 Å². The van der Waals surface area contributed by atoms with Crippen molar-refractivity contribution in [3.05, 3.63) is 82.3 Å². The van der Waals surface area contributed by atoms with Gasteiger partial charge in [-0.25, -0.2) is 0 Å². The Morgan fingerprint density at radius 3 is 1.21 bits per heavy atom. The Balaban J connectivity index is 2.07. The van der Waals surface area contributed by atoms with Crippen molar-refractivity contribution in [2.75, 3.05) is 0 Å². The van der Waals surface area contributed by atoms with Gasteiger partial charge in [-0.3, -0.25) is 4.79 Å². The third-order valence-electron chi connectivity index (χ3n) is 5.28. The SMILES string of the molecule is Cn1cc(-c2ccc(C(C)(C)C)cc2)c(=O)c(-c2ccc(C(C)(C)C)cc2)c1. The Morgan fingerprint density at radius 1 is 0.607 bits per heavy atom. The minimum atomic E-state index is 0.0742. The summed E-state index contributed by atoms with van der Waals surface area (Å²) in [6.45, 7) is 13.2. The van der Waals surface area contributed by atoms with Crippen LogP contribution in [-0.2, 0) is 17.9 Å². The van der Waals surface area contributed by atoms with Gasteiger partial charge in [0.05, 0.1) is 0 Å². The molecule has 0 N–H and O–H groups in total. The summed E-state index contributed by atoms with van der Waals surface area (Å²) in [5.74, 6) is 0. The second-order valence-corrected chi connectivity index (χ2v) is 9.73. The number of hydrogen-bond donors (Lipinski definition) is 0. The second kappa shape index (κ2) is 7.09. The maximum absolute atomic E-state index is 13.3. The first kappa shape index (κ1) is 20.1. The van der Waals surface area contributed by atoms with Gasteiger partial charge in [-0.1, -0.05) is 90.1 Å². The van der Waals surface area contributed by atoms with Gasteiger partial charge in [0.15, 0.2) is 5.43 Å². The summed E-state index contributed by atoms with van der Waals surface area (Å²) < 4.78 is 1.97. The van der Waals surface area contributed by atoms with Gasteiger partial charge in [0, 0.05) is 30.6 Å². The Labute approximate surface area is 168 Å². The molecule has 0 unspecified atom stereocenters. The normalized spacial score (nSPS) is 12.2. The van der Waals surface area contributed by atoms with Crippen LogP contribution >= 0.6 is 0 Å². The van der Waals surface area contributed by atoms with Gasteiger partial charge in [-0.05, 0) is 33.1 Å². The third kappa shape index (κ3) is 4.11. The zero-order valence-electron chi connectivity index (χ0n) is 18.1. The zero-order valence-corrected chi connectivity index (χ0v) is 18.1. The molecule has 0 aliphatic rings. The van der Waals surface area contributed by atoms with Gasteiger partial charge in [-0.2, -0.15) is 0 Å². The molecule has 2 nitrogen and oxygen atoms in total. The first-order valence-corrected chi connectivity index (χ1v) is 9.89. The zero-order chi connectivity index (χ0) is 20.7. The molecule has 0 radical (unpaired) electrons. The maximum Gasteiger partial charge on any atom is 0.197 e. The molecular formula is C26H31NO. The molecule has 3 aromatic rings. The summed E-state index contributed by atoms with van der Waals surface area (Å²) in [7, 11) is 1.97. The number of rotatable bonds is 2. The largest absolute Gasteiger partial charge is 0.356 e. The van der Waals surface area contributed by atoms with E-state index in [1.165, 1.54) is 11.1 Å². The molecule has 2 aromatic carbocycles. The van der Waals surface area contributed by atoms with E-state index in [-0.39, 0.29) is 16.3 Å². The second-order valence-electron chi connectivity index (χ2n) is 9.73. The highest BCUT2D eigenvalue weighted by molar-refractivity contribution is 5.72. The highest BCUT2D eigenvalue weighted by Crippen LogP contribution is 2.28. The van der Waals surface area contributed by atoms with Gasteiger partial charge >= 0.3 is 0 Å². The summed E-state index contributed by atoms with van der Waals surface area (Å²) >= 11 is 0. The molecule has 28 heavy (non-hydrogen) atoms. The highest BCUT2D eigenvalue weighted by atomic mass is 16.1. The topological polar surface area (TPSA) is 22.0 Å². The van der Waals surface area contributed by atoms with E-state index >= 15 is 0 Å². The first-order chi connectivity index (χ1) is 13.0. The van der Waals surface area contributed by atoms with Crippen LogP contribution in [0.2, 0.25) is 0 Å². The lowest BCUT2D eigenvalue weighted by Gasteiger charge is -2.19. The van der Waals surface area contributed by atoms with Crippen LogP contribution in [0.3, 0.4) is 0 Å². The van der Waals surface area contributed by atoms with Crippen LogP contribution in [0.4, 0.5) is 0 Å². The van der Waals surface area contributed by atoms with Crippen molar-refractivity contribution in [1.82, 2.24) is 4.57 Å². The molecule has 0 amide bonds. The Morgan fingerprint density at radius 2 is 0.929 bits per heavy atom. The summed E-state index contributed by atoms with van der Waals surface area (Å²) in [5, 5.41) is 0. The van der Waals surface area contributed by atoms with Crippen molar-refractivity contribution in [1.29, 1.82) is 0 Å². The molecule has 0 saturated carbocycles. The summed E-state index contributed by atoms with van der Waals surface area (Å²) in [4.78, 5) is 13.3. The fourth-order valence-electron chi connectivity index (χ4n) is 3.42. The first-order valence-electron chi connectivity index (χ1n) is 9.89. The smallest absolute Gasteiger partial charge is 0.197 e. The van der Waals surface area contributed by atoms with E-state index < -0.39 is 0 Å². The Hall–Kier alpha value is -2.61. The van der Waals surface area contributed by atoms with Crippen molar-refractivity contribution in [2.24, 2.45) is 7.05 Å². The molecule has 1 heterocycles. The van der Waals surface area contributed by atoms with Gasteiger partial charge < -0.3 is 4.57 Å². The van der Waals surface area contributed by atoms with E-state index in [0.717, 1.165) is 22.3 Å². The van der Waals surface area contributed by atoms with Crippen LogP contribution in [-0.4, -0.2) is 4.57 Å². The van der Waals surface area contributed by atoms with E-state index in [1.807, 2.05) is 24.0 Å². The number of benzene rings is 2. The monoisotopic (exact) mass is 373 g/mol. The summed E-state index contributed by atoms with van der Waals surface area (Å²) in [6.07, 6.45) is 3.84. The summed E-state index contributed by atoms with van der Waals surface area (Å²) in [6, 6.07) is 16.7. The van der Waals surface area contributed by atoms with Gasteiger partial charge in [-0.15, -0.1) is 0 Å². The molecule has 1 aromatic heterocycles. The van der Waals surface area contributed by atoms with Crippen molar-refractivity contribution in [2.45, 2.75) is 52.4 Å². The van der Waals surface area contributed by atoms with E-state index in [4.69, 9.17) is 0 Å². The predicted molar refractivity (Wildman–Crippen MR) is 120 cm³/mol. The predicted octanol–water partition coefficient (Wildman–Crippen LogP) is 6.31. The van der Waals surface area contributed by atoms with Crippen LogP contribution in [0.5, 0.6) is 0 Å². The van der Waals surface area contributed by atoms with Crippen LogP contribution in [0.1, 0.15) is 52.7 Å². The van der Waals surface area contributed by atoms with Gasteiger partial charge in [0.25, 0.3) is 0 Å². The molecule has 2 heteroatoms. The maximum atomic E-state index is 13.3. The average Bonchev–Trinajstić information content (AvgIpc) is 2.62. The van der Waals surface area contributed by atoms with Gasteiger partial charge in [0.1, 0.15) is 0 Å². The Bertz CT molecular complexity index is 943. The molecule has 0 saturated heterocycles. The van der Waals surface area contributed by atoms with Crippen LogP contribution in [0.25, 0.3) is 22.3 Å². The quantitative estimate of drug-likeness (QED) is 0.515. The van der Waals surface area contributed by atoms with Crippen molar-refractivity contribution in [3.8, 4) is 22.3 Å². The number of aryl methyl sites for hydroxylation is 1. The van der Waals surface area contributed by atoms with E-state index in [2.05, 4.69) is 90.1 Å². The molecule has 0 atom stereocenters. The molecule has 146 valence electrons. The number of hydrogen-bond acceptors (Lipinski definition) is 1. The minimum absolute atomic E-state index is 0.0742.